The van der Waals surface area contributed by atoms with Crippen LogP contribution in [0.1, 0.15) is 30.9 Å². The molecule has 0 aromatic heterocycles. The first kappa shape index (κ1) is 10.3. The minimum absolute atomic E-state index is 0.747. The van der Waals surface area contributed by atoms with Gasteiger partial charge in [-0.2, -0.15) is 0 Å². The Balaban J connectivity index is 2.56. The van der Waals surface area contributed by atoms with Crippen molar-refractivity contribution in [3.05, 3.63) is 35.4 Å². The molecule has 0 unspecified atom stereocenters. The molecule has 13 heavy (non-hydrogen) atoms. The van der Waals surface area contributed by atoms with Gasteiger partial charge in [-0.3, -0.25) is 0 Å². The maximum atomic E-state index is 5.51. The monoisotopic (exact) mass is 177 g/mol. The van der Waals surface area contributed by atoms with Gasteiger partial charge in [0.1, 0.15) is 0 Å². The van der Waals surface area contributed by atoms with E-state index >= 15 is 0 Å². The van der Waals surface area contributed by atoms with Crippen molar-refractivity contribution in [3.8, 4) is 0 Å². The third-order valence-corrected chi connectivity index (χ3v) is 2.24. The van der Waals surface area contributed by atoms with Crippen LogP contribution in [0, 0.1) is 0 Å². The van der Waals surface area contributed by atoms with Gasteiger partial charge in [0.05, 0.1) is 0 Å². The van der Waals surface area contributed by atoms with E-state index in [2.05, 4.69) is 31.2 Å². The van der Waals surface area contributed by atoms with Crippen molar-refractivity contribution in [2.45, 2.75) is 32.6 Å². The zero-order valence-electron chi connectivity index (χ0n) is 8.42. The molecule has 0 atom stereocenters. The van der Waals surface area contributed by atoms with Crippen molar-refractivity contribution in [2.24, 2.45) is 5.73 Å². The van der Waals surface area contributed by atoms with Gasteiger partial charge in [0.2, 0.25) is 0 Å². The molecule has 0 heterocycles. The Kier molecular flexibility index (Phi) is 4.55. The van der Waals surface area contributed by atoms with Crippen LogP contribution in [0.25, 0.3) is 0 Å². The van der Waals surface area contributed by atoms with Gasteiger partial charge in [-0.25, -0.2) is 0 Å². The van der Waals surface area contributed by atoms with Gasteiger partial charge in [0.25, 0.3) is 0 Å². The predicted molar refractivity (Wildman–Crippen MR) is 57.8 cm³/mol. The minimum Gasteiger partial charge on any atom is -0.330 e. The zero-order valence-corrected chi connectivity index (χ0v) is 8.42. The van der Waals surface area contributed by atoms with Crippen molar-refractivity contribution in [2.75, 3.05) is 6.54 Å². The van der Waals surface area contributed by atoms with Gasteiger partial charge in [0, 0.05) is 0 Å². The van der Waals surface area contributed by atoms with Crippen molar-refractivity contribution in [3.63, 3.8) is 0 Å². The van der Waals surface area contributed by atoms with Crippen LogP contribution in [0.3, 0.4) is 0 Å². The molecular weight excluding hydrogens is 158 g/mol. The lowest BCUT2D eigenvalue weighted by molar-refractivity contribution is 0.793. The summed E-state index contributed by atoms with van der Waals surface area (Å²) in [6, 6.07) is 8.77. The lowest BCUT2D eigenvalue weighted by Crippen LogP contribution is -2.02. The van der Waals surface area contributed by atoms with E-state index in [4.69, 9.17) is 5.73 Å². The smallest absolute Gasteiger partial charge is 0.00367 e. The number of aryl methyl sites for hydroxylation is 1. The second-order valence-corrected chi connectivity index (χ2v) is 3.46. The van der Waals surface area contributed by atoms with Crippen LogP contribution in [-0.4, -0.2) is 6.54 Å². The molecule has 0 aliphatic carbocycles. The number of rotatable bonds is 5. The van der Waals surface area contributed by atoms with Gasteiger partial charge in [0.15, 0.2) is 0 Å². The zero-order chi connectivity index (χ0) is 9.52. The summed E-state index contributed by atoms with van der Waals surface area (Å²) in [6.45, 7) is 2.97. The van der Waals surface area contributed by atoms with E-state index in [9.17, 15) is 0 Å². The van der Waals surface area contributed by atoms with Gasteiger partial charge < -0.3 is 5.73 Å². The molecule has 0 saturated heterocycles. The van der Waals surface area contributed by atoms with Crippen molar-refractivity contribution >= 4 is 0 Å². The van der Waals surface area contributed by atoms with Crippen LogP contribution in [0.4, 0.5) is 0 Å². The maximum absolute atomic E-state index is 5.51. The van der Waals surface area contributed by atoms with Gasteiger partial charge >= 0.3 is 0 Å². The van der Waals surface area contributed by atoms with Crippen LogP contribution in [0.15, 0.2) is 24.3 Å². The fraction of sp³-hybridized carbons (Fsp3) is 0.500. The first-order valence-corrected chi connectivity index (χ1v) is 5.14. The Hall–Kier alpha value is -0.820. The van der Waals surface area contributed by atoms with E-state index in [1.165, 1.54) is 30.4 Å². The highest BCUT2D eigenvalue weighted by Crippen LogP contribution is 2.08. The van der Waals surface area contributed by atoms with E-state index in [-0.39, 0.29) is 0 Å². The Morgan fingerprint density at radius 1 is 1.15 bits per heavy atom. The topological polar surface area (TPSA) is 26.0 Å². The van der Waals surface area contributed by atoms with E-state index in [0.29, 0.717) is 0 Å². The van der Waals surface area contributed by atoms with Gasteiger partial charge in [-0.1, -0.05) is 37.6 Å². The third-order valence-electron chi connectivity index (χ3n) is 2.24. The molecule has 0 radical (unpaired) electrons. The molecule has 1 aromatic rings. The average molecular weight is 177 g/mol. The Morgan fingerprint density at radius 3 is 2.46 bits per heavy atom. The summed E-state index contributed by atoms with van der Waals surface area (Å²) in [5.41, 5.74) is 8.33. The highest BCUT2D eigenvalue weighted by atomic mass is 14.5. The molecule has 2 N–H and O–H groups in total. The van der Waals surface area contributed by atoms with Crippen LogP contribution in [-0.2, 0) is 12.8 Å². The average Bonchev–Trinajstić information content (AvgIpc) is 2.16. The maximum Gasteiger partial charge on any atom is -0.00367 e. The van der Waals surface area contributed by atoms with E-state index in [0.717, 1.165) is 13.0 Å². The molecule has 1 heteroatoms. The second-order valence-electron chi connectivity index (χ2n) is 3.46. The molecule has 0 saturated carbocycles. The fourth-order valence-electron chi connectivity index (χ4n) is 1.49. The van der Waals surface area contributed by atoms with Gasteiger partial charge in [-0.15, -0.1) is 0 Å². The number of hydrogen-bond acceptors (Lipinski definition) is 1. The summed E-state index contributed by atoms with van der Waals surface area (Å²) in [4.78, 5) is 0. The molecule has 1 rings (SSSR count). The molecule has 0 bridgehead atoms. The standard InChI is InChI=1S/C12H19N/c1-2-3-5-11-6-4-7-12(10-11)8-9-13/h4,6-7,10H,2-3,5,8-9,13H2,1H3. The van der Waals surface area contributed by atoms with Crippen molar-refractivity contribution < 1.29 is 0 Å². The highest BCUT2D eigenvalue weighted by Gasteiger charge is 1.94. The third kappa shape index (κ3) is 3.60. The quantitative estimate of drug-likeness (QED) is 0.735. The molecule has 1 aromatic carbocycles. The molecule has 0 amide bonds. The second kappa shape index (κ2) is 5.76. The molecule has 0 aliphatic rings. The number of nitrogens with two attached hydrogens (primary N) is 1. The van der Waals surface area contributed by atoms with E-state index < -0.39 is 0 Å². The van der Waals surface area contributed by atoms with E-state index in [1.807, 2.05) is 0 Å². The molecule has 1 nitrogen and oxygen atoms in total. The first-order valence-electron chi connectivity index (χ1n) is 5.14. The highest BCUT2D eigenvalue weighted by molar-refractivity contribution is 5.23. The Bertz CT molecular complexity index is 243. The lowest BCUT2D eigenvalue weighted by Gasteiger charge is -2.03. The number of benzene rings is 1. The van der Waals surface area contributed by atoms with Crippen LogP contribution in [0.2, 0.25) is 0 Å². The molecule has 0 fully saturated rings. The molecule has 0 aliphatic heterocycles. The summed E-state index contributed by atoms with van der Waals surface area (Å²) >= 11 is 0. The van der Waals surface area contributed by atoms with Crippen LogP contribution in [0.5, 0.6) is 0 Å². The largest absolute Gasteiger partial charge is 0.330 e. The molecule has 72 valence electrons. The summed E-state index contributed by atoms with van der Waals surface area (Å²) in [7, 11) is 0. The van der Waals surface area contributed by atoms with E-state index in [1.54, 1.807) is 0 Å². The number of unbranched alkanes of at least 4 members (excludes halogenated alkanes) is 1. The summed E-state index contributed by atoms with van der Waals surface area (Å²) < 4.78 is 0. The summed E-state index contributed by atoms with van der Waals surface area (Å²) in [6.07, 6.45) is 4.75. The summed E-state index contributed by atoms with van der Waals surface area (Å²) in [5.74, 6) is 0. The first-order chi connectivity index (χ1) is 6.36. The Morgan fingerprint density at radius 2 is 1.85 bits per heavy atom. The van der Waals surface area contributed by atoms with Gasteiger partial charge in [-0.05, 0) is 36.9 Å². The lowest BCUT2D eigenvalue weighted by atomic mass is 10.0. The van der Waals surface area contributed by atoms with Crippen LogP contribution < -0.4 is 5.73 Å². The SMILES string of the molecule is CCCCc1cccc(CCN)c1. The molecular formula is C12H19N. The minimum atomic E-state index is 0.747. The number of hydrogen-bond donors (Lipinski definition) is 1. The van der Waals surface area contributed by atoms with Crippen molar-refractivity contribution in [1.29, 1.82) is 0 Å². The normalized spacial score (nSPS) is 10.3. The fourth-order valence-corrected chi connectivity index (χ4v) is 1.49. The predicted octanol–water partition coefficient (Wildman–Crippen LogP) is 2.53. The van der Waals surface area contributed by atoms with Crippen molar-refractivity contribution in [1.82, 2.24) is 0 Å². The molecule has 0 spiro atoms. The Labute approximate surface area is 81.0 Å². The van der Waals surface area contributed by atoms with Crippen LogP contribution >= 0.6 is 0 Å². The summed E-state index contributed by atoms with van der Waals surface area (Å²) in [5, 5.41) is 0.